The van der Waals surface area contributed by atoms with Gasteiger partial charge >= 0.3 is 29.6 Å². The van der Waals surface area contributed by atoms with Crippen LogP contribution in [0.3, 0.4) is 0 Å². The molecule has 2 N–H and O–H groups in total. The van der Waals surface area contributed by atoms with Crippen LogP contribution < -0.4 is 10.7 Å². The number of fused-ring (bicyclic) bond motifs is 4. The first kappa shape index (κ1) is 22.9. The van der Waals surface area contributed by atoms with Gasteiger partial charge in [-0.2, -0.15) is 0 Å². The number of hydrogen-bond donors (Lipinski definition) is 2. The number of halogens is 2. The first-order valence-electron chi connectivity index (χ1n) is 10.1. The van der Waals surface area contributed by atoms with E-state index in [4.69, 9.17) is 0 Å². The van der Waals surface area contributed by atoms with Crippen LogP contribution in [0.15, 0.2) is 29.2 Å². The van der Waals surface area contributed by atoms with Gasteiger partial charge in [-0.3, -0.25) is 19.3 Å². The Morgan fingerprint density at radius 2 is 2.00 bits per heavy atom. The molecule has 2 fully saturated rings. The van der Waals surface area contributed by atoms with Gasteiger partial charge in [-0.25, -0.2) is 8.78 Å². The molecule has 0 aliphatic carbocycles. The molecule has 1 aromatic carbocycles. The van der Waals surface area contributed by atoms with Crippen LogP contribution in [0.4, 0.5) is 8.78 Å². The second-order valence-corrected chi connectivity index (χ2v) is 8.11. The molecular weight excluding hydrogens is 433 g/mol. The zero-order chi connectivity index (χ0) is 21.9. The van der Waals surface area contributed by atoms with Gasteiger partial charge in [0.05, 0.1) is 6.54 Å². The van der Waals surface area contributed by atoms with Gasteiger partial charge in [0.2, 0.25) is 5.43 Å². The van der Waals surface area contributed by atoms with E-state index in [1.165, 1.54) is 16.8 Å². The molecule has 2 atom stereocenters. The predicted octanol–water partition coefficient (Wildman–Crippen LogP) is 0.373. The summed E-state index contributed by atoms with van der Waals surface area (Å²) in [5.41, 5.74) is -1.38. The van der Waals surface area contributed by atoms with Crippen molar-refractivity contribution in [2.75, 3.05) is 13.1 Å². The summed E-state index contributed by atoms with van der Waals surface area (Å²) in [5, 5.41) is 12.9. The van der Waals surface area contributed by atoms with Gasteiger partial charge in [0.15, 0.2) is 11.4 Å². The predicted molar refractivity (Wildman–Crippen MR) is 112 cm³/mol. The number of nitrogens with one attached hydrogen (secondary N) is 1. The van der Waals surface area contributed by atoms with Crippen molar-refractivity contribution in [3.8, 4) is 5.75 Å². The van der Waals surface area contributed by atoms with E-state index in [-0.39, 0.29) is 65.1 Å². The molecule has 2 amide bonds. The van der Waals surface area contributed by atoms with Crippen LogP contribution >= 0.6 is 0 Å². The molecule has 0 spiro atoms. The molecule has 4 heterocycles. The zero-order valence-electron chi connectivity index (χ0n) is 16.5. The molecule has 3 aliphatic rings. The van der Waals surface area contributed by atoms with E-state index in [1.807, 2.05) is 0 Å². The second-order valence-electron chi connectivity index (χ2n) is 8.11. The van der Waals surface area contributed by atoms with Gasteiger partial charge in [0.1, 0.15) is 23.4 Å². The molecule has 1 aromatic heterocycles. The van der Waals surface area contributed by atoms with E-state index in [9.17, 15) is 28.3 Å². The summed E-state index contributed by atoms with van der Waals surface area (Å²) in [6.07, 6.45) is 3.14. The molecule has 8 nitrogen and oxygen atoms in total. The number of hydrogen-bond acceptors (Lipinski definition) is 5. The summed E-state index contributed by atoms with van der Waals surface area (Å²) in [5.74, 6) is -3.58. The number of rotatable bonds is 3. The molecule has 0 unspecified atom stereocenters. The quantitative estimate of drug-likeness (QED) is 0.654. The van der Waals surface area contributed by atoms with Crippen molar-refractivity contribution in [2.24, 2.45) is 0 Å². The summed E-state index contributed by atoms with van der Waals surface area (Å²) < 4.78 is 28.3. The summed E-state index contributed by atoms with van der Waals surface area (Å²) in [4.78, 5) is 42.1. The molecule has 0 bridgehead atoms. The van der Waals surface area contributed by atoms with E-state index in [0.717, 1.165) is 25.5 Å². The number of benzene rings is 1. The summed E-state index contributed by atoms with van der Waals surface area (Å²) >= 11 is 0. The van der Waals surface area contributed by atoms with E-state index >= 15 is 0 Å². The molecule has 2 aromatic rings. The second kappa shape index (κ2) is 8.58. The van der Waals surface area contributed by atoms with Crippen molar-refractivity contribution in [1.82, 2.24) is 19.7 Å². The van der Waals surface area contributed by atoms with Gasteiger partial charge in [-0.05, 0) is 18.9 Å². The third kappa shape index (κ3) is 3.64. The Balaban J connectivity index is 0.00000245. The van der Waals surface area contributed by atoms with Crippen LogP contribution in [0.5, 0.6) is 5.75 Å². The monoisotopic (exact) mass is 454 g/mol. The Labute approximate surface area is 204 Å². The number of aromatic nitrogens is 1. The minimum atomic E-state index is -0.963. The fourth-order valence-electron chi connectivity index (χ4n) is 4.82. The number of carbonyl (C=O) groups excluding carboxylic acids is 2. The van der Waals surface area contributed by atoms with E-state index < -0.39 is 34.6 Å². The molecule has 11 heteroatoms. The van der Waals surface area contributed by atoms with Crippen LogP contribution in [0, 0.1) is 11.6 Å². The van der Waals surface area contributed by atoms with Crippen LogP contribution in [-0.4, -0.2) is 86.1 Å². The maximum absolute atomic E-state index is 13.8. The number of carbonyl (C=O) groups is 2. The van der Waals surface area contributed by atoms with Crippen molar-refractivity contribution in [1.29, 1.82) is 0 Å². The average molecular weight is 454 g/mol. The molecule has 3 aliphatic heterocycles. The van der Waals surface area contributed by atoms with Crippen molar-refractivity contribution >= 4 is 41.4 Å². The fourth-order valence-corrected chi connectivity index (χ4v) is 4.82. The summed E-state index contributed by atoms with van der Waals surface area (Å²) in [6.45, 7) is 1.50. The van der Waals surface area contributed by atoms with E-state index in [0.29, 0.717) is 19.2 Å². The Kier molecular flexibility index (Phi) is 6.15. The van der Waals surface area contributed by atoms with Crippen molar-refractivity contribution in [2.45, 2.75) is 38.1 Å². The molecule has 2 saturated heterocycles. The SMILES string of the molecule is O=C(NCc1ccc(F)cc1F)c1cn2c(c(O)c1=O)C(=O)N1C[C@H]3CCCN3[C@@H]1C2.[NaH]. The normalized spacial score (nSPS) is 21.6. The third-order valence-electron chi connectivity index (χ3n) is 6.35. The van der Waals surface area contributed by atoms with Gasteiger partial charge in [0, 0.05) is 43.5 Å². The maximum atomic E-state index is 13.8. The zero-order valence-corrected chi connectivity index (χ0v) is 16.5. The van der Waals surface area contributed by atoms with Crippen LogP contribution in [0.25, 0.3) is 0 Å². The fraction of sp³-hybridized carbons (Fsp3) is 0.381. The van der Waals surface area contributed by atoms with Crippen molar-refractivity contribution in [3.05, 3.63) is 63.1 Å². The Morgan fingerprint density at radius 1 is 1.22 bits per heavy atom. The topological polar surface area (TPSA) is 94.9 Å². The molecule has 5 rings (SSSR count). The first-order chi connectivity index (χ1) is 14.8. The molecule has 0 saturated carbocycles. The van der Waals surface area contributed by atoms with Gasteiger partial charge < -0.3 is 19.9 Å². The van der Waals surface area contributed by atoms with E-state index in [1.54, 1.807) is 4.90 Å². The molecular formula is C21H21F2N4NaO4. The third-order valence-corrected chi connectivity index (χ3v) is 6.35. The number of amides is 2. The molecule has 164 valence electrons. The van der Waals surface area contributed by atoms with Crippen LogP contribution in [0.2, 0.25) is 0 Å². The van der Waals surface area contributed by atoms with Crippen molar-refractivity contribution < 1.29 is 23.5 Å². The van der Waals surface area contributed by atoms with Gasteiger partial charge in [0.25, 0.3) is 11.8 Å². The Morgan fingerprint density at radius 3 is 2.75 bits per heavy atom. The standard InChI is InChI=1S/C21H20F2N4O4.Na.H/c22-12-4-3-11(15(23)6-12)7-24-20(30)14-9-25-10-16-26-5-1-2-13(26)8-27(16)21(31)17(25)19(29)18(14)28;;/h3-4,6,9,13,16,29H,1-2,5,7-8,10H2,(H,24,30);;/t13-,16+;;/m1../s1. The average Bonchev–Trinajstić information content (AvgIpc) is 3.32. The molecule has 32 heavy (non-hydrogen) atoms. The van der Waals surface area contributed by atoms with Gasteiger partial charge in [-0.15, -0.1) is 0 Å². The summed E-state index contributed by atoms with van der Waals surface area (Å²) in [7, 11) is 0. The summed E-state index contributed by atoms with van der Waals surface area (Å²) in [6, 6.07) is 3.23. The number of pyridine rings is 1. The number of nitrogens with zero attached hydrogens (tertiary/aromatic N) is 3. The number of aromatic hydroxyl groups is 1. The molecule has 0 radical (unpaired) electrons. The van der Waals surface area contributed by atoms with E-state index in [2.05, 4.69) is 10.2 Å². The van der Waals surface area contributed by atoms with Gasteiger partial charge in [-0.1, -0.05) is 6.07 Å². The Bertz CT molecular complexity index is 1170. The Hall–Kier alpha value is -2.27. The van der Waals surface area contributed by atoms with Crippen LogP contribution in [0.1, 0.15) is 39.3 Å². The first-order valence-corrected chi connectivity index (χ1v) is 10.1. The van der Waals surface area contributed by atoms with Crippen molar-refractivity contribution in [3.63, 3.8) is 0 Å². The van der Waals surface area contributed by atoms with Crippen LogP contribution in [-0.2, 0) is 13.1 Å². The minimum absolute atomic E-state index is 0.